The molecule has 3 heteroatoms. The molecule has 1 N–H and O–H groups in total. The summed E-state index contributed by atoms with van der Waals surface area (Å²) in [6.07, 6.45) is 6.14. The van der Waals surface area contributed by atoms with E-state index in [1.54, 1.807) is 6.07 Å². The van der Waals surface area contributed by atoms with Crippen LogP contribution in [0.3, 0.4) is 0 Å². The smallest absolute Gasteiger partial charge is 0.124 e. The van der Waals surface area contributed by atoms with Gasteiger partial charge in [0.25, 0.3) is 0 Å². The summed E-state index contributed by atoms with van der Waals surface area (Å²) >= 11 is 6.04. The highest BCUT2D eigenvalue weighted by Gasteiger charge is 2.22. The lowest BCUT2D eigenvalue weighted by Gasteiger charge is -2.16. The molecule has 0 amide bonds. The highest BCUT2D eigenvalue weighted by Crippen LogP contribution is 2.34. The van der Waals surface area contributed by atoms with Gasteiger partial charge in [0.1, 0.15) is 5.82 Å². The molecule has 2 rings (SSSR count). The predicted molar refractivity (Wildman–Crippen MR) is 69.9 cm³/mol. The normalized spacial score (nSPS) is 17.1. The van der Waals surface area contributed by atoms with Crippen molar-refractivity contribution in [1.29, 1.82) is 0 Å². The predicted octanol–water partition coefficient (Wildman–Crippen LogP) is 3.80. The Kier molecular flexibility index (Phi) is 4.41. The lowest BCUT2D eigenvalue weighted by atomic mass is 10.0. The molecule has 1 aliphatic carbocycles. The van der Waals surface area contributed by atoms with E-state index in [1.165, 1.54) is 37.8 Å². The molecule has 1 unspecified atom stereocenters. The average molecular weight is 256 g/mol. The molecule has 1 atom stereocenters. The monoisotopic (exact) mass is 255 g/mol. The molecule has 0 saturated heterocycles. The molecule has 1 saturated carbocycles. The second-order valence-corrected chi connectivity index (χ2v) is 5.35. The highest BCUT2D eigenvalue weighted by atomic mass is 35.5. The van der Waals surface area contributed by atoms with Gasteiger partial charge in [-0.25, -0.2) is 4.39 Å². The van der Waals surface area contributed by atoms with Gasteiger partial charge in [-0.1, -0.05) is 30.5 Å². The summed E-state index contributed by atoms with van der Waals surface area (Å²) in [4.78, 5) is 0. The van der Waals surface area contributed by atoms with Gasteiger partial charge in [-0.15, -0.1) is 0 Å². The average Bonchev–Trinajstić information content (AvgIpc) is 3.11. The van der Waals surface area contributed by atoms with E-state index >= 15 is 0 Å². The Balaban J connectivity index is 1.91. The first-order chi connectivity index (χ1) is 8.19. The van der Waals surface area contributed by atoms with E-state index in [4.69, 9.17) is 11.6 Å². The Morgan fingerprint density at radius 2 is 2.24 bits per heavy atom. The second-order valence-electron chi connectivity index (χ2n) is 4.95. The fraction of sp³-hybridized carbons (Fsp3) is 0.571. The van der Waals surface area contributed by atoms with Crippen molar-refractivity contribution in [3.8, 4) is 0 Å². The Hall–Kier alpha value is -0.600. The van der Waals surface area contributed by atoms with Crippen LogP contribution < -0.4 is 5.32 Å². The number of likely N-dealkylation sites (N-methyl/N-ethyl adjacent to an activating group) is 1. The number of hydrogen-bond acceptors (Lipinski definition) is 1. The van der Waals surface area contributed by atoms with Gasteiger partial charge in [0.2, 0.25) is 0 Å². The van der Waals surface area contributed by atoms with Crippen molar-refractivity contribution in [1.82, 2.24) is 5.32 Å². The lowest BCUT2D eigenvalue weighted by molar-refractivity contribution is 0.484. The van der Waals surface area contributed by atoms with Crippen LogP contribution in [0.15, 0.2) is 18.2 Å². The van der Waals surface area contributed by atoms with Crippen LogP contribution >= 0.6 is 11.6 Å². The van der Waals surface area contributed by atoms with Gasteiger partial charge in [-0.05, 0) is 49.9 Å². The van der Waals surface area contributed by atoms with E-state index < -0.39 is 0 Å². The maximum absolute atomic E-state index is 12.9. The van der Waals surface area contributed by atoms with Crippen LogP contribution in [0.25, 0.3) is 0 Å². The van der Waals surface area contributed by atoms with Gasteiger partial charge in [-0.3, -0.25) is 0 Å². The van der Waals surface area contributed by atoms with Gasteiger partial charge >= 0.3 is 0 Å². The zero-order chi connectivity index (χ0) is 12.3. The Morgan fingerprint density at radius 1 is 1.47 bits per heavy atom. The first-order valence-corrected chi connectivity index (χ1v) is 6.68. The molecule has 1 nitrogen and oxygen atoms in total. The van der Waals surface area contributed by atoms with E-state index in [1.807, 2.05) is 7.05 Å². The third-order valence-corrected chi connectivity index (χ3v) is 3.86. The SMILES string of the molecule is CNC(CCC1CC1)Cc1ccc(F)cc1Cl. The second kappa shape index (κ2) is 5.83. The molecule has 0 radical (unpaired) electrons. The fourth-order valence-electron chi connectivity index (χ4n) is 2.14. The van der Waals surface area contributed by atoms with E-state index in [0.29, 0.717) is 11.1 Å². The molecule has 0 aliphatic heterocycles. The van der Waals surface area contributed by atoms with Crippen LogP contribution in [0, 0.1) is 11.7 Å². The highest BCUT2D eigenvalue weighted by molar-refractivity contribution is 6.31. The third kappa shape index (κ3) is 3.97. The summed E-state index contributed by atoms with van der Waals surface area (Å²) in [5.41, 5.74) is 1.03. The van der Waals surface area contributed by atoms with Crippen molar-refractivity contribution in [3.63, 3.8) is 0 Å². The van der Waals surface area contributed by atoms with E-state index in [2.05, 4.69) is 5.32 Å². The quantitative estimate of drug-likeness (QED) is 0.815. The van der Waals surface area contributed by atoms with Crippen molar-refractivity contribution >= 4 is 11.6 Å². The summed E-state index contributed by atoms with van der Waals surface area (Å²) < 4.78 is 12.9. The van der Waals surface area contributed by atoms with Crippen molar-refractivity contribution in [2.45, 2.75) is 38.1 Å². The van der Waals surface area contributed by atoms with Crippen molar-refractivity contribution in [2.24, 2.45) is 5.92 Å². The van der Waals surface area contributed by atoms with Crippen LogP contribution in [-0.2, 0) is 6.42 Å². The van der Waals surface area contributed by atoms with Crippen LogP contribution in [0.4, 0.5) is 4.39 Å². The van der Waals surface area contributed by atoms with E-state index in [9.17, 15) is 4.39 Å². The van der Waals surface area contributed by atoms with Crippen molar-refractivity contribution in [3.05, 3.63) is 34.6 Å². The molecular formula is C14H19ClFN. The summed E-state index contributed by atoms with van der Waals surface area (Å²) in [5, 5.41) is 3.86. The summed E-state index contributed by atoms with van der Waals surface area (Å²) in [6, 6.07) is 5.11. The molecule has 0 aromatic heterocycles. The van der Waals surface area contributed by atoms with Crippen LogP contribution in [0.1, 0.15) is 31.2 Å². The number of nitrogens with one attached hydrogen (secondary N) is 1. The first kappa shape index (κ1) is 12.8. The minimum atomic E-state index is -0.266. The zero-order valence-electron chi connectivity index (χ0n) is 10.2. The molecule has 1 aromatic rings. The maximum Gasteiger partial charge on any atom is 0.124 e. The largest absolute Gasteiger partial charge is 0.317 e. The lowest BCUT2D eigenvalue weighted by Crippen LogP contribution is -2.27. The first-order valence-electron chi connectivity index (χ1n) is 6.30. The molecule has 1 fully saturated rings. The van der Waals surface area contributed by atoms with E-state index in [-0.39, 0.29) is 5.82 Å². The number of hydrogen-bond donors (Lipinski definition) is 1. The summed E-state index contributed by atoms with van der Waals surface area (Å²) in [7, 11) is 1.98. The fourth-order valence-corrected chi connectivity index (χ4v) is 2.39. The minimum Gasteiger partial charge on any atom is -0.317 e. The minimum absolute atomic E-state index is 0.266. The Bertz CT molecular complexity index is 376. The van der Waals surface area contributed by atoms with E-state index in [0.717, 1.165) is 17.9 Å². The molecule has 0 spiro atoms. The van der Waals surface area contributed by atoms with Gasteiger partial charge in [0.15, 0.2) is 0 Å². The van der Waals surface area contributed by atoms with Gasteiger partial charge in [0, 0.05) is 11.1 Å². The van der Waals surface area contributed by atoms with Crippen molar-refractivity contribution < 1.29 is 4.39 Å². The summed E-state index contributed by atoms with van der Waals surface area (Å²) in [5.74, 6) is 0.687. The molecule has 0 heterocycles. The topological polar surface area (TPSA) is 12.0 Å². The number of rotatable bonds is 6. The molecule has 17 heavy (non-hydrogen) atoms. The summed E-state index contributed by atoms with van der Waals surface area (Å²) in [6.45, 7) is 0. The van der Waals surface area contributed by atoms with Crippen LogP contribution in [-0.4, -0.2) is 13.1 Å². The molecule has 1 aliphatic rings. The van der Waals surface area contributed by atoms with Crippen molar-refractivity contribution in [2.75, 3.05) is 7.05 Å². The molecule has 94 valence electrons. The Morgan fingerprint density at radius 3 is 2.82 bits per heavy atom. The molecule has 1 aromatic carbocycles. The number of benzene rings is 1. The van der Waals surface area contributed by atoms with Gasteiger partial charge < -0.3 is 5.32 Å². The Labute approximate surface area is 107 Å². The third-order valence-electron chi connectivity index (χ3n) is 3.51. The molecule has 0 bridgehead atoms. The number of halogens is 2. The van der Waals surface area contributed by atoms with Crippen LogP contribution in [0.2, 0.25) is 5.02 Å². The molecular weight excluding hydrogens is 237 g/mol. The van der Waals surface area contributed by atoms with Gasteiger partial charge in [0.05, 0.1) is 0 Å². The van der Waals surface area contributed by atoms with Gasteiger partial charge in [-0.2, -0.15) is 0 Å². The van der Waals surface area contributed by atoms with Crippen LogP contribution in [0.5, 0.6) is 0 Å². The maximum atomic E-state index is 12.9. The standard InChI is InChI=1S/C14H19ClFN/c1-17-13(7-4-10-2-3-10)8-11-5-6-12(16)9-14(11)15/h5-6,9-10,13,17H,2-4,7-8H2,1H3. The zero-order valence-corrected chi connectivity index (χ0v) is 10.9.